The zero-order valence-corrected chi connectivity index (χ0v) is 21.7. The van der Waals surface area contributed by atoms with Crippen LogP contribution in [0.1, 0.15) is 54.9 Å². The van der Waals surface area contributed by atoms with Crippen molar-refractivity contribution in [1.29, 1.82) is 0 Å². The van der Waals surface area contributed by atoms with Crippen molar-refractivity contribution in [2.45, 2.75) is 49.6 Å². The number of fused-ring (bicyclic) bond motifs is 1. The molecule has 35 heavy (non-hydrogen) atoms. The molecule has 5 rings (SSSR count). The number of aromatic amines is 1. The van der Waals surface area contributed by atoms with Gasteiger partial charge < -0.3 is 19.9 Å². The Bertz CT molecular complexity index is 1210. The number of imidazole rings is 1. The van der Waals surface area contributed by atoms with Gasteiger partial charge in [-0.3, -0.25) is 4.79 Å². The van der Waals surface area contributed by atoms with Gasteiger partial charge >= 0.3 is 6.09 Å². The average Bonchev–Trinajstić information content (AvgIpc) is 3.65. The zero-order chi connectivity index (χ0) is 24.5. The van der Waals surface area contributed by atoms with E-state index in [0.717, 1.165) is 30.1 Å². The molecular formula is C26H30N4O3S2. The van der Waals surface area contributed by atoms with Gasteiger partial charge in [0.05, 0.1) is 25.0 Å². The van der Waals surface area contributed by atoms with Crippen molar-refractivity contribution in [2.75, 3.05) is 19.4 Å². The second kappa shape index (κ2) is 10.1. The van der Waals surface area contributed by atoms with Crippen molar-refractivity contribution in [1.82, 2.24) is 20.2 Å². The number of thiophene rings is 1. The van der Waals surface area contributed by atoms with Crippen molar-refractivity contribution in [2.24, 2.45) is 5.92 Å². The Morgan fingerprint density at radius 3 is 2.80 bits per heavy atom. The summed E-state index contributed by atoms with van der Waals surface area (Å²) in [5.41, 5.74) is 3.54. The number of alkyl carbamates (subject to hydrolysis) is 1. The molecule has 2 N–H and O–H groups in total. The largest absolute Gasteiger partial charge is 0.453 e. The van der Waals surface area contributed by atoms with E-state index in [1.54, 1.807) is 0 Å². The molecule has 7 nitrogen and oxygen atoms in total. The molecule has 0 saturated carbocycles. The number of H-pyrrole nitrogens is 1. The Labute approximate surface area is 213 Å². The first-order valence-electron chi connectivity index (χ1n) is 12.0. The van der Waals surface area contributed by atoms with E-state index in [-0.39, 0.29) is 17.9 Å². The lowest BCUT2D eigenvalue weighted by Crippen LogP contribution is -2.51. The average molecular weight is 511 g/mol. The van der Waals surface area contributed by atoms with E-state index in [4.69, 9.17) is 9.72 Å². The van der Waals surface area contributed by atoms with E-state index < -0.39 is 12.1 Å². The molecule has 0 bridgehead atoms. The van der Waals surface area contributed by atoms with E-state index >= 15 is 0 Å². The van der Waals surface area contributed by atoms with E-state index in [0.29, 0.717) is 12.5 Å². The summed E-state index contributed by atoms with van der Waals surface area (Å²) in [7, 11) is 1.31. The molecule has 2 aliphatic heterocycles. The van der Waals surface area contributed by atoms with Crippen LogP contribution in [-0.2, 0) is 9.53 Å². The number of carbonyl (C=O) groups excluding carboxylic acids is 2. The van der Waals surface area contributed by atoms with Crippen molar-refractivity contribution >= 4 is 35.1 Å². The van der Waals surface area contributed by atoms with Crippen molar-refractivity contribution in [3.05, 3.63) is 58.2 Å². The van der Waals surface area contributed by atoms with Gasteiger partial charge in [-0.15, -0.1) is 23.1 Å². The molecule has 2 amide bonds. The molecule has 3 atom stereocenters. The second-order valence-corrected chi connectivity index (χ2v) is 11.3. The van der Waals surface area contributed by atoms with Crippen LogP contribution in [0, 0.1) is 5.92 Å². The Kier molecular flexibility index (Phi) is 6.88. The summed E-state index contributed by atoms with van der Waals surface area (Å²) in [6, 6.07) is 9.92. The van der Waals surface area contributed by atoms with Gasteiger partial charge in [-0.25, -0.2) is 9.78 Å². The van der Waals surface area contributed by atoms with Gasteiger partial charge in [-0.05, 0) is 24.3 Å². The molecule has 2 aliphatic rings. The second-order valence-electron chi connectivity index (χ2n) is 9.35. The number of likely N-dealkylation sites (tertiary alicyclic amines) is 1. The van der Waals surface area contributed by atoms with Crippen LogP contribution in [0.15, 0.2) is 46.8 Å². The fraction of sp³-hybridized carbons (Fsp3) is 0.423. The van der Waals surface area contributed by atoms with Gasteiger partial charge in [0.15, 0.2) is 0 Å². The molecule has 4 heterocycles. The molecule has 2 unspecified atom stereocenters. The highest BCUT2D eigenvalue weighted by molar-refractivity contribution is 8.00. The number of methoxy groups -OCH3 is 1. The third-order valence-corrected chi connectivity index (χ3v) is 9.27. The number of benzene rings is 1. The number of hydrogen-bond donors (Lipinski definition) is 2. The lowest BCUT2D eigenvalue weighted by Gasteiger charge is -2.30. The van der Waals surface area contributed by atoms with Gasteiger partial charge in [0.2, 0.25) is 5.91 Å². The molecule has 9 heteroatoms. The van der Waals surface area contributed by atoms with Gasteiger partial charge in [0, 0.05) is 38.9 Å². The minimum absolute atomic E-state index is 0.0574. The third-order valence-electron chi connectivity index (χ3n) is 6.81. The van der Waals surface area contributed by atoms with E-state index in [2.05, 4.69) is 46.0 Å². The summed E-state index contributed by atoms with van der Waals surface area (Å²) in [6.07, 6.45) is 3.04. The topological polar surface area (TPSA) is 87.3 Å². The van der Waals surface area contributed by atoms with Crippen molar-refractivity contribution in [3.8, 4) is 11.3 Å². The lowest BCUT2D eigenvalue weighted by molar-refractivity contribution is -0.135. The molecule has 0 spiro atoms. The van der Waals surface area contributed by atoms with E-state index in [1.807, 2.05) is 48.0 Å². The summed E-state index contributed by atoms with van der Waals surface area (Å²) in [5, 5.41) is 4.92. The van der Waals surface area contributed by atoms with Crippen LogP contribution in [0.25, 0.3) is 11.3 Å². The fourth-order valence-electron chi connectivity index (χ4n) is 4.95. The highest BCUT2D eigenvalue weighted by Crippen LogP contribution is 2.51. The first kappa shape index (κ1) is 23.9. The number of aromatic nitrogens is 2. The minimum Gasteiger partial charge on any atom is -0.453 e. The van der Waals surface area contributed by atoms with Crippen LogP contribution in [0.3, 0.4) is 0 Å². The SMILES string of the molecule is COC(=O)N[C@H](C(=O)N1CCCC1c1ncc(-c2csc3c2SCC3c2ccccc2)[nH]1)C(C)C. The lowest BCUT2D eigenvalue weighted by atomic mass is 9.99. The Balaban J connectivity index is 1.36. The normalized spacial score (nSPS) is 20.2. The minimum atomic E-state index is -0.635. The number of rotatable bonds is 6. The quantitative estimate of drug-likeness (QED) is 0.462. The predicted octanol–water partition coefficient (Wildman–Crippen LogP) is 5.42. The Morgan fingerprint density at radius 2 is 2.06 bits per heavy atom. The third kappa shape index (κ3) is 4.59. The number of thioether (sulfide) groups is 1. The van der Waals surface area contributed by atoms with Gasteiger partial charge in [0.25, 0.3) is 0 Å². The number of nitrogens with zero attached hydrogens (tertiary/aromatic N) is 2. The number of carbonyl (C=O) groups is 2. The van der Waals surface area contributed by atoms with Crippen LogP contribution >= 0.6 is 23.1 Å². The number of nitrogens with one attached hydrogen (secondary N) is 2. The summed E-state index contributed by atoms with van der Waals surface area (Å²) in [5.74, 6) is 2.13. The highest BCUT2D eigenvalue weighted by atomic mass is 32.2. The molecule has 184 valence electrons. The Hall–Kier alpha value is -2.78. The standard InChI is InChI=1S/C26H30N4O3S2/c1-15(2)21(29-26(32)33-3)25(31)30-11-7-10-20(30)24-27-12-19(28-24)18-14-35-22-17(13-34-23(18)22)16-8-5-4-6-9-16/h4-6,8-9,12,14-15,17,20-21H,7,10-11,13H2,1-3H3,(H,27,28)(H,29,32)/t17?,20?,21-/m0/s1. The van der Waals surface area contributed by atoms with Crippen LogP contribution < -0.4 is 5.32 Å². The molecule has 1 fully saturated rings. The maximum atomic E-state index is 13.4. The maximum absolute atomic E-state index is 13.4. The van der Waals surface area contributed by atoms with Gasteiger partial charge in [-0.2, -0.15) is 0 Å². The molecule has 2 aromatic heterocycles. The van der Waals surface area contributed by atoms with E-state index in [1.165, 1.54) is 28.0 Å². The van der Waals surface area contributed by atoms with Gasteiger partial charge in [-0.1, -0.05) is 44.2 Å². The smallest absolute Gasteiger partial charge is 0.407 e. The van der Waals surface area contributed by atoms with E-state index in [9.17, 15) is 9.59 Å². The van der Waals surface area contributed by atoms with Crippen LogP contribution in [0.2, 0.25) is 0 Å². The highest BCUT2D eigenvalue weighted by Gasteiger charge is 2.38. The summed E-state index contributed by atoms with van der Waals surface area (Å²) in [6.45, 7) is 4.49. The monoisotopic (exact) mass is 510 g/mol. The zero-order valence-electron chi connectivity index (χ0n) is 20.1. The van der Waals surface area contributed by atoms with Crippen molar-refractivity contribution < 1.29 is 14.3 Å². The molecule has 1 aromatic carbocycles. The predicted molar refractivity (Wildman–Crippen MR) is 139 cm³/mol. The summed E-state index contributed by atoms with van der Waals surface area (Å²) in [4.78, 5) is 38.0. The van der Waals surface area contributed by atoms with Gasteiger partial charge in [0.1, 0.15) is 11.9 Å². The number of ether oxygens (including phenoxy) is 1. The summed E-state index contributed by atoms with van der Waals surface area (Å²) < 4.78 is 4.73. The number of hydrogen-bond acceptors (Lipinski definition) is 6. The van der Waals surface area contributed by atoms with Crippen molar-refractivity contribution in [3.63, 3.8) is 0 Å². The molecular weight excluding hydrogens is 480 g/mol. The fourth-order valence-corrected chi connectivity index (χ4v) is 7.84. The van der Waals surface area contributed by atoms with Crippen LogP contribution in [0.5, 0.6) is 0 Å². The Morgan fingerprint density at radius 1 is 1.26 bits per heavy atom. The molecule has 0 radical (unpaired) electrons. The summed E-state index contributed by atoms with van der Waals surface area (Å²) >= 11 is 3.72. The van der Waals surface area contributed by atoms with Crippen LogP contribution in [0.4, 0.5) is 4.79 Å². The number of amides is 2. The molecule has 0 aliphatic carbocycles. The molecule has 3 aromatic rings. The first-order chi connectivity index (χ1) is 17.0. The maximum Gasteiger partial charge on any atom is 0.407 e. The van der Waals surface area contributed by atoms with Crippen LogP contribution in [-0.4, -0.2) is 52.3 Å². The first-order valence-corrected chi connectivity index (χ1v) is 13.8. The molecule has 1 saturated heterocycles.